The summed E-state index contributed by atoms with van der Waals surface area (Å²) >= 11 is 0. The normalized spacial score (nSPS) is 13.6. The van der Waals surface area contributed by atoms with Crippen LogP contribution >= 0.6 is 0 Å². The molecule has 2 rings (SSSR count). The molecule has 1 unspecified atom stereocenters. The van der Waals surface area contributed by atoms with E-state index in [4.69, 9.17) is 10.3 Å². The minimum absolute atomic E-state index is 0.206. The maximum Gasteiger partial charge on any atom is 0.175 e. The van der Waals surface area contributed by atoms with Crippen LogP contribution in [0.2, 0.25) is 0 Å². The molecule has 0 saturated heterocycles. The number of nitrogens with two attached hydrogens (primary N) is 1. The number of hydrogen-bond donors (Lipinski definition) is 1. The molecule has 114 valence electrons. The molecule has 0 aliphatic rings. The van der Waals surface area contributed by atoms with Crippen molar-refractivity contribution in [1.82, 2.24) is 5.16 Å². The molecule has 2 aromatic rings. The highest BCUT2D eigenvalue weighted by Gasteiger charge is 2.27. The molecule has 1 heterocycles. The molecule has 0 aliphatic heterocycles. The summed E-state index contributed by atoms with van der Waals surface area (Å²) < 4.78 is 28.6. The second-order valence-corrected chi connectivity index (χ2v) is 7.92. The Bertz CT molecular complexity index is 731. The topological polar surface area (TPSA) is 86.2 Å². The zero-order valence-electron chi connectivity index (χ0n) is 12.6. The third-order valence-corrected chi connectivity index (χ3v) is 5.12. The van der Waals surface area contributed by atoms with E-state index in [1.807, 2.05) is 24.3 Å². The number of rotatable bonds is 4. The van der Waals surface area contributed by atoms with Crippen LogP contribution in [-0.4, -0.2) is 19.8 Å². The lowest BCUT2D eigenvalue weighted by atomic mass is 9.98. The summed E-state index contributed by atoms with van der Waals surface area (Å²) in [6.07, 6.45) is 1.17. The van der Waals surface area contributed by atoms with Crippen molar-refractivity contribution < 1.29 is 12.9 Å². The van der Waals surface area contributed by atoms with Crippen LogP contribution in [0.4, 0.5) is 5.82 Å². The molecular weight excluding hydrogens is 288 g/mol. The van der Waals surface area contributed by atoms with Crippen molar-refractivity contribution in [2.24, 2.45) is 0 Å². The number of aromatic nitrogens is 1. The first-order chi connectivity index (χ1) is 9.71. The van der Waals surface area contributed by atoms with Crippen LogP contribution in [-0.2, 0) is 9.84 Å². The summed E-state index contributed by atoms with van der Waals surface area (Å²) in [4.78, 5) is 0. The highest BCUT2D eigenvalue weighted by molar-refractivity contribution is 7.90. The molecule has 0 radical (unpaired) electrons. The summed E-state index contributed by atoms with van der Waals surface area (Å²) in [7, 11) is -3.28. The molecule has 0 saturated carbocycles. The average molecular weight is 308 g/mol. The Morgan fingerprint density at radius 3 is 2.19 bits per heavy atom. The summed E-state index contributed by atoms with van der Waals surface area (Å²) in [6, 6.07) is 7.83. The van der Waals surface area contributed by atoms with Gasteiger partial charge in [0.1, 0.15) is 5.25 Å². The molecule has 21 heavy (non-hydrogen) atoms. The van der Waals surface area contributed by atoms with E-state index in [-0.39, 0.29) is 11.6 Å². The molecule has 0 amide bonds. The van der Waals surface area contributed by atoms with Gasteiger partial charge in [-0.2, -0.15) is 0 Å². The number of benzene rings is 1. The van der Waals surface area contributed by atoms with Gasteiger partial charge in [-0.3, -0.25) is 0 Å². The molecule has 0 fully saturated rings. The van der Waals surface area contributed by atoms with E-state index in [1.165, 1.54) is 11.8 Å². The smallest absolute Gasteiger partial charge is 0.175 e. The minimum atomic E-state index is -3.28. The Labute approximate surface area is 125 Å². The summed E-state index contributed by atoms with van der Waals surface area (Å²) in [5, 5.41) is 2.93. The maximum absolute atomic E-state index is 11.7. The Morgan fingerprint density at radius 1 is 1.14 bits per heavy atom. The molecule has 0 aliphatic carbocycles. The van der Waals surface area contributed by atoms with Crippen LogP contribution in [0.1, 0.15) is 43.3 Å². The van der Waals surface area contributed by atoms with E-state index in [0.29, 0.717) is 11.5 Å². The van der Waals surface area contributed by atoms with Crippen molar-refractivity contribution in [2.75, 3.05) is 12.0 Å². The Morgan fingerprint density at radius 2 is 1.71 bits per heavy atom. The van der Waals surface area contributed by atoms with E-state index in [2.05, 4.69) is 19.0 Å². The maximum atomic E-state index is 11.7. The highest BCUT2D eigenvalue weighted by atomic mass is 32.2. The lowest BCUT2D eigenvalue weighted by Crippen LogP contribution is -2.08. The number of nitrogen functional groups attached to an aromatic ring is 1. The lowest BCUT2D eigenvalue weighted by molar-refractivity contribution is 0.385. The van der Waals surface area contributed by atoms with Gasteiger partial charge in [0, 0.05) is 6.26 Å². The summed E-state index contributed by atoms with van der Waals surface area (Å²) in [6.45, 7) is 5.79. The molecule has 1 atom stereocenters. The van der Waals surface area contributed by atoms with Gasteiger partial charge in [0.25, 0.3) is 0 Å². The van der Waals surface area contributed by atoms with E-state index in [0.717, 1.165) is 5.56 Å². The van der Waals surface area contributed by atoms with Crippen molar-refractivity contribution >= 4 is 15.7 Å². The van der Waals surface area contributed by atoms with E-state index in [9.17, 15) is 8.42 Å². The predicted octanol–water partition coefficient (Wildman–Crippen LogP) is 3.15. The van der Waals surface area contributed by atoms with Crippen LogP contribution in [0, 0.1) is 0 Å². The second-order valence-electron chi connectivity index (χ2n) is 5.56. The molecule has 1 aromatic carbocycles. The van der Waals surface area contributed by atoms with E-state index in [1.54, 1.807) is 6.92 Å². The standard InChI is InChI=1S/C15H20N2O3S/c1-9(2)11-5-7-12(8-6-11)13-14(20-17-15(13)16)10(3)21(4,18)19/h5-10H,1-4H3,(H2,16,17). The van der Waals surface area contributed by atoms with Crippen LogP contribution in [0.15, 0.2) is 28.8 Å². The van der Waals surface area contributed by atoms with Crippen LogP contribution in [0.3, 0.4) is 0 Å². The molecule has 2 N–H and O–H groups in total. The third-order valence-electron chi connectivity index (χ3n) is 3.62. The third kappa shape index (κ3) is 3.10. The number of anilines is 1. The van der Waals surface area contributed by atoms with Gasteiger partial charge in [-0.1, -0.05) is 43.3 Å². The largest absolute Gasteiger partial charge is 0.380 e. The van der Waals surface area contributed by atoms with Crippen molar-refractivity contribution in [1.29, 1.82) is 0 Å². The van der Waals surface area contributed by atoms with Gasteiger partial charge in [-0.25, -0.2) is 8.42 Å². The van der Waals surface area contributed by atoms with Gasteiger partial charge in [0.15, 0.2) is 21.4 Å². The molecule has 0 spiro atoms. The number of nitrogens with zero attached hydrogens (tertiary/aromatic N) is 1. The fraction of sp³-hybridized carbons (Fsp3) is 0.400. The molecule has 1 aromatic heterocycles. The Balaban J connectivity index is 2.52. The lowest BCUT2D eigenvalue weighted by Gasteiger charge is -2.10. The SMILES string of the molecule is CC(C)c1ccc(-c2c(N)noc2C(C)S(C)(=O)=O)cc1. The second kappa shape index (κ2) is 5.52. The highest BCUT2D eigenvalue weighted by Crippen LogP contribution is 2.36. The van der Waals surface area contributed by atoms with Gasteiger partial charge >= 0.3 is 0 Å². The van der Waals surface area contributed by atoms with Crippen molar-refractivity contribution in [2.45, 2.75) is 31.9 Å². The number of sulfone groups is 1. The first-order valence-corrected chi connectivity index (χ1v) is 8.71. The quantitative estimate of drug-likeness (QED) is 0.937. The van der Waals surface area contributed by atoms with Gasteiger partial charge in [0.05, 0.1) is 5.56 Å². The van der Waals surface area contributed by atoms with Gasteiger partial charge in [-0.15, -0.1) is 0 Å². The van der Waals surface area contributed by atoms with E-state index >= 15 is 0 Å². The Kier molecular flexibility index (Phi) is 4.09. The summed E-state index contributed by atoms with van der Waals surface area (Å²) in [5.74, 6) is 0.915. The van der Waals surface area contributed by atoms with E-state index < -0.39 is 15.1 Å². The van der Waals surface area contributed by atoms with Gasteiger partial charge in [-0.05, 0) is 24.0 Å². The molecule has 0 bridgehead atoms. The zero-order chi connectivity index (χ0) is 15.8. The number of hydrogen-bond acceptors (Lipinski definition) is 5. The fourth-order valence-electron chi connectivity index (χ4n) is 2.11. The monoisotopic (exact) mass is 308 g/mol. The van der Waals surface area contributed by atoms with Gasteiger partial charge in [0.2, 0.25) is 0 Å². The van der Waals surface area contributed by atoms with Crippen molar-refractivity contribution in [3.63, 3.8) is 0 Å². The summed E-state index contributed by atoms with van der Waals surface area (Å²) in [5.41, 5.74) is 8.42. The minimum Gasteiger partial charge on any atom is -0.380 e. The van der Waals surface area contributed by atoms with Crippen LogP contribution < -0.4 is 5.73 Å². The van der Waals surface area contributed by atoms with Crippen LogP contribution in [0.25, 0.3) is 11.1 Å². The predicted molar refractivity (Wildman–Crippen MR) is 83.7 cm³/mol. The van der Waals surface area contributed by atoms with Crippen molar-refractivity contribution in [3.05, 3.63) is 35.6 Å². The first kappa shape index (κ1) is 15.6. The van der Waals surface area contributed by atoms with Gasteiger partial charge < -0.3 is 10.3 Å². The fourth-order valence-corrected chi connectivity index (χ4v) is 2.66. The molecule has 5 nitrogen and oxygen atoms in total. The average Bonchev–Trinajstić information content (AvgIpc) is 2.78. The molecule has 6 heteroatoms. The van der Waals surface area contributed by atoms with Crippen molar-refractivity contribution in [3.8, 4) is 11.1 Å². The zero-order valence-corrected chi connectivity index (χ0v) is 13.4. The Hall–Kier alpha value is -1.82. The molecular formula is C15H20N2O3S. The van der Waals surface area contributed by atoms with Crippen LogP contribution in [0.5, 0.6) is 0 Å². The first-order valence-electron chi connectivity index (χ1n) is 6.76.